The van der Waals surface area contributed by atoms with Crippen molar-refractivity contribution >= 4 is 23.7 Å². The van der Waals surface area contributed by atoms with E-state index in [4.69, 9.17) is 5.73 Å². The molecule has 0 spiro atoms. The van der Waals surface area contributed by atoms with Gasteiger partial charge in [0.25, 0.3) is 0 Å². The Kier molecular flexibility index (Phi) is 3.68. The van der Waals surface area contributed by atoms with Gasteiger partial charge in [-0.25, -0.2) is 4.39 Å². The molecule has 3 rings (SSSR count). The average molecular weight is 291 g/mol. The lowest BCUT2D eigenvalue weighted by Gasteiger charge is -2.15. The van der Waals surface area contributed by atoms with Gasteiger partial charge < -0.3 is 10.6 Å². The van der Waals surface area contributed by atoms with Crippen LogP contribution in [0.15, 0.2) is 34.3 Å². The zero-order chi connectivity index (χ0) is 13.9. The van der Waals surface area contributed by atoms with Crippen LogP contribution < -0.4 is 10.6 Å². The fraction of sp³-hybridized carbons (Fsp3) is 0.308. The first-order valence-corrected chi connectivity index (χ1v) is 7.22. The van der Waals surface area contributed by atoms with Crippen LogP contribution in [-0.4, -0.2) is 28.0 Å². The molecule has 0 unspecified atom stereocenters. The van der Waals surface area contributed by atoms with Crippen molar-refractivity contribution in [2.45, 2.75) is 22.9 Å². The van der Waals surface area contributed by atoms with Crippen LogP contribution >= 0.6 is 11.8 Å². The highest BCUT2D eigenvalue weighted by atomic mass is 32.2. The maximum atomic E-state index is 12.9. The summed E-state index contributed by atoms with van der Waals surface area (Å²) >= 11 is 1.35. The number of hydrogen-bond donors (Lipinski definition) is 1. The first-order chi connectivity index (χ1) is 9.70. The molecular formula is C13H14FN5S. The summed E-state index contributed by atoms with van der Waals surface area (Å²) in [6.07, 6.45) is 2.29. The van der Waals surface area contributed by atoms with Gasteiger partial charge in [-0.15, -0.1) is 0 Å². The Morgan fingerprint density at radius 1 is 1.05 bits per heavy atom. The van der Waals surface area contributed by atoms with Gasteiger partial charge in [-0.2, -0.15) is 15.0 Å². The van der Waals surface area contributed by atoms with Crippen LogP contribution in [0, 0.1) is 5.82 Å². The van der Waals surface area contributed by atoms with E-state index in [0.717, 1.165) is 30.8 Å². The minimum Gasteiger partial charge on any atom is -0.368 e. The standard InChI is InChI=1S/C13H14FN5S/c14-9-3-5-10(6-4-9)20-13-17-11(15)16-12(18-13)19-7-1-2-8-19/h3-6H,1-2,7-8H2,(H2,15,16,17,18). The molecule has 104 valence electrons. The SMILES string of the molecule is Nc1nc(Sc2ccc(F)cc2)nc(N2CCCC2)n1. The van der Waals surface area contributed by atoms with Gasteiger partial charge in [0.05, 0.1) is 0 Å². The Morgan fingerprint density at radius 2 is 1.75 bits per heavy atom. The van der Waals surface area contributed by atoms with Gasteiger partial charge in [0.15, 0.2) is 5.16 Å². The second-order valence-corrected chi connectivity index (χ2v) is 5.57. The van der Waals surface area contributed by atoms with Gasteiger partial charge in [-0.3, -0.25) is 0 Å². The predicted octanol–water partition coefficient (Wildman–Crippen LogP) is 2.34. The van der Waals surface area contributed by atoms with E-state index < -0.39 is 0 Å². The zero-order valence-corrected chi connectivity index (χ0v) is 11.6. The number of nitrogen functional groups attached to an aromatic ring is 1. The number of anilines is 2. The Bertz CT molecular complexity index is 598. The molecule has 1 fully saturated rings. The van der Waals surface area contributed by atoms with Crippen molar-refractivity contribution in [1.29, 1.82) is 0 Å². The largest absolute Gasteiger partial charge is 0.368 e. The molecule has 20 heavy (non-hydrogen) atoms. The number of nitrogens with two attached hydrogens (primary N) is 1. The predicted molar refractivity (Wildman–Crippen MR) is 76.2 cm³/mol. The van der Waals surface area contributed by atoms with Crippen LogP contribution in [0.3, 0.4) is 0 Å². The molecule has 1 aliphatic heterocycles. The molecule has 2 aromatic rings. The highest BCUT2D eigenvalue weighted by molar-refractivity contribution is 7.99. The summed E-state index contributed by atoms with van der Waals surface area (Å²) in [7, 11) is 0. The summed E-state index contributed by atoms with van der Waals surface area (Å²) in [5, 5.41) is 0.533. The van der Waals surface area contributed by atoms with E-state index in [-0.39, 0.29) is 11.8 Å². The van der Waals surface area contributed by atoms with Crippen molar-refractivity contribution in [1.82, 2.24) is 15.0 Å². The third-order valence-corrected chi connectivity index (χ3v) is 3.91. The lowest BCUT2D eigenvalue weighted by atomic mass is 10.4. The van der Waals surface area contributed by atoms with Crippen LogP contribution in [0.25, 0.3) is 0 Å². The van der Waals surface area contributed by atoms with Crippen molar-refractivity contribution in [3.63, 3.8) is 0 Å². The molecule has 1 aromatic heterocycles. The van der Waals surface area contributed by atoms with Crippen molar-refractivity contribution in [2.75, 3.05) is 23.7 Å². The van der Waals surface area contributed by atoms with E-state index in [2.05, 4.69) is 19.9 Å². The van der Waals surface area contributed by atoms with Crippen LogP contribution in [0.4, 0.5) is 16.3 Å². The van der Waals surface area contributed by atoms with Crippen LogP contribution in [0.5, 0.6) is 0 Å². The van der Waals surface area contributed by atoms with Gasteiger partial charge >= 0.3 is 0 Å². The van der Waals surface area contributed by atoms with Crippen LogP contribution in [-0.2, 0) is 0 Å². The monoisotopic (exact) mass is 291 g/mol. The minimum atomic E-state index is -0.262. The van der Waals surface area contributed by atoms with Crippen molar-refractivity contribution in [3.8, 4) is 0 Å². The normalized spacial score (nSPS) is 14.8. The molecule has 0 amide bonds. The summed E-state index contributed by atoms with van der Waals surface area (Å²) in [5.41, 5.74) is 5.74. The molecule has 0 saturated carbocycles. The molecule has 0 bridgehead atoms. The minimum absolute atomic E-state index is 0.214. The Morgan fingerprint density at radius 3 is 2.45 bits per heavy atom. The third-order valence-electron chi connectivity index (χ3n) is 3.03. The molecule has 2 heterocycles. The molecular weight excluding hydrogens is 277 g/mol. The van der Waals surface area contributed by atoms with Crippen LogP contribution in [0.1, 0.15) is 12.8 Å². The van der Waals surface area contributed by atoms with E-state index in [0.29, 0.717) is 11.1 Å². The maximum absolute atomic E-state index is 12.9. The molecule has 2 N–H and O–H groups in total. The Labute approximate surface area is 120 Å². The van der Waals surface area contributed by atoms with E-state index in [1.54, 1.807) is 12.1 Å². The molecule has 0 atom stereocenters. The second-order valence-electron chi connectivity index (χ2n) is 4.53. The molecule has 0 aliphatic carbocycles. The van der Waals surface area contributed by atoms with Gasteiger partial charge in [-0.05, 0) is 48.9 Å². The van der Waals surface area contributed by atoms with Gasteiger partial charge in [0, 0.05) is 18.0 Å². The topological polar surface area (TPSA) is 67.9 Å². The number of halogens is 1. The van der Waals surface area contributed by atoms with Crippen molar-refractivity contribution in [2.24, 2.45) is 0 Å². The van der Waals surface area contributed by atoms with Gasteiger partial charge in [-0.1, -0.05) is 0 Å². The van der Waals surface area contributed by atoms with E-state index in [1.165, 1.54) is 23.9 Å². The van der Waals surface area contributed by atoms with Gasteiger partial charge in [0.1, 0.15) is 5.82 Å². The van der Waals surface area contributed by atoms with Crippen molar-refractivity contribution < 1.29 is 4.39 Å². The summed E-state index contributed by atoms with van der Waals surface area (Å²) in [5.74, 6) is 0.577. The van der Waals surface area contributed by atoms with Crippen LogP contribution in [0.2, 0.25) is 0 Å². The number of benzene rings is 1. The summed E-state index contributed by atoms with van der Waals surface area (Å²) in [4.78, 5) is 15.7. The first-order valence-electron chi connectivity index (χ1n) is 6.40. The molecule has 1 aromatic carbocycles. The fourth-order valence-corrected chi connectivity index (χ4v) is 2.82. The quantitative estimate of drug-likeness (QED) is 0.936. The average Bonchev–Trinajstić information content (AvgIpc) is 2.95. The third kappa shape index (κ3) is 2.98. The smallest absolute Gasteiger partial charge is 0.231 e. The molecule has 1 saturated heterocycles. The highest BCUT2D eigenvalue weighted by Gasteiger charge is 2.17. The Balaban J connectivity index is 1.83. The number of aromatic nitrogens is 3. The lowest BCUT2D eigenvalue weighted by molar-refractivity contribution is 0.626. The summed E-state index contributed by atoms with van der Waals surface area (Å²) in [6.45, 7) is 1.90. The number of rotatable bonds is 3. The van der Waals surface area contributed by atoms with E-state index in [9.17, 15) is 4.39 Å². The maximum Gasteiger partial charge on any atom is 0.231 e. The second kappa shape index (κ2) is 5.62. The van der Waals surface area contributed by atoms with E-state index >= 15 is 0 Å². The van der Waals surface area contributed by atoms with E-state index in [1.807, 2.05) is 0 Å². The molecule has 5 nitrogen and oxygen atoms in total. The summed E-state index contributed by atoms with van der Waals surface area (Å²) in [6, 6.07) is 6.20. The molecule has 7 heteroatoms. The first kappa shape index (κ1) is 13.1. The highest BCUT2D eigenvalue weighted by Crippen LogP contribution is 2.27. The molecule has 0 radical (unpaired) electrons. The van der Waals surface area contributed by atoms with Crippen molar-refractivity contribution in [3.05, 3.63) is 30.1 Å². The summed E-state index contributed by atoms with van der Waals surface area (Å²) < 4.78 is 12.9. The number of nitrogens with zero attached hydrogens (tertiary/aromatic N) is 4. The molecule has 1 aliphatic rings. The van der Waals surface area contributed by atoms with Gasteiger partial charge in [0.2, 0.25) is 11.9 Å². The lowest BCUT2D eigenvalue weighted by Crippen LogP contribution is -2.21. The Hall–Kier alpha value is -1.89. The fourth-order valence-electron chi connectivity index (χ4n) is 2.07. The zero-order valence-electron chi connectivity index (χ0n) is 10.8. The number of hydrogen-bond acceptors (Lipinski definition) is 6.